The Morgan fingerprint density at radius 2 is 2.09 bits per heavy atom. The fourth-order valence-electron chi connectivity index (χ4n) is 2.91. The van der Waals surface area contributed by atoms with Crippen LogP contribution < -0.4 is 10.6 Å². The Hall–Kier alpha value is -0.0700. The number of halogens is 2. The minimum absolute atomic E-state index is 0. The number of hydrogen-bond acceptors (Lipinski definition) is 4. The molecule has 1 rings (SSSR count). The van der Waals surface area contributed by atoms with Crippen LogP contribution in [0, 0.1) is 11.8 Å². The summed E-state index contributed by atoms with van der Waals surface area (Å²) in [5.74, 6) is 0.717. The van der Waals surface area contributed by atoms with Crippen molar-refractivity contribution in [3.8, 4) is 0 Å². The average Bonchev–Trinajstić information content (AvgIpc) is 2.46. The number of hydrogen-bond donors (Lipinski definition) is 2. The number of ether oxygens (including phenoxy) is 1. The van der Waals surface area contributed by atoms with Crippen LogP contribution >= 0.6 is 24.8 Å². The molecule has 7 heteroatoms. The van der Waals surface area contributed by atoms with Crippen molar-refractivity contribution in [1.82, 2.24) is 15.5 Å². The van der Waals surface area contributed by atoms with Crippen molar-refractivity contribution in [3.63, 3.8) is 0 Å². The van der Waals surface area contributed by atoms with Gasteiger partial charge in [-0.15, -0.1) is 24.8 Å². The molecule has 3 unspecified atom stereocenters. The molecule has 1 fully saturated rings. The molecule has 23 heavy (non-hydrogen) atoms. The lowest BCUT2D eigenvalue weighted by molar-refractivity contribution is -0.125. The fraction of sp³-hybridized carbons (Fsp3) is 0.938. The molecular formula is C16H35Cl2N3O2. The summed E-state index contributed by atoms with van der Waals surface area (Å²) in [6.07, 6.45) is 2.14. The van der Waals surface area contributed by atoms with E-state index in [0.717, 1.165) is 52.2 Å². The van der Waals surface area contributed by atoms with Gasteiger partial charge in [0.15, 0.2) is 0 Å². The molecule has 1 heterocycles. The normalized spacial score (nSPS) is 22.6. The van der Waals surface area contributed by atoms with Gasteiger partial charge in [0.2, 0.25) is 5.91 Å². The summed E-state index contributed by atoms with van der Waals surface area (Å²) in [5.41, 5.74) is 0. The lowest BCUT2D eigenvalue weighted by Crippen LogP contribution is -2.51. The average molecular weight is 372 g/mol. The first-order chi connectivity index (χ1) is 10.1. The Morgan fingerprint density at radius 3 is 2.65 bits per heavy atom. The molecule has 0 aromatic rings. The van der Waals surface area contributed by atoms with Crippen LogP contribution in [0.2, 0.25) is 0 Å². The second-order valence-corrected chi connectivity index (χ2v) is 6.19. The number of piperidine rings is 1. The van der Waals surface area contributed by atoms with Gasteiger partial charge in [-0.1, -0.05) is 13.8 Å². The summed E-state index contributed by atoms with van der Waals surface area (Å²) >= 11 is 0. The Morgan fingerprint density at radius 1 is 1.39 bits per heavy atom. The van der Waals surface area contributed by atoms with Crippen molar-refractivity contribution in [2.45, 2.75) is 39.7 Å². The summed E-state index contributed by atoms with van der Waals surface area (Å²) in [6.45, 7) is 11.9. The van der Waals surface area contributed by atoms with E-state index in [1.165, 1.54) is 0 Å². The van der Waals surface area contributed by atoms with Crippen molar-refractivity contribution < 1.29 is 9.53 Å². The Labute approximate surface area is 154 Å². The first-order valence-corrected chi connectivity index (χ1v) is 8.33. The highest BCUT2D eigenvalue weighted by atomic mass is 35.5. The fourth-order valence-corrected chi connectivity index (χ4v) is 2.91. The van der Waals surface area contributed by atoms with Gasteiger partial charge in [0, 0.05) is 51.4 Å². The van der Waals surface area contributed by atoms with Gasteiger partial charge in [-0.2, -0.15) is 0 Å². The summed E-state index contributed by atoms with van der Waals surface area (Å²) in [4.78, 5) is 14.6. The quantitative estimate of drug-likeness (QED) is 0.608. The van der Waals surface area contributed by atoms with Gasteiger partial charge in [0.05, 0.1) is 0 Å². The molecule has 0 aromatic heterocycles. The van der Waals surface area contributed by atoms with Gasteiger partial charge in [-0.25, -0.2) is 0 Å². The van der Waals surface area contributed by atoms with Gasteiger partial charge >= 0.3 is 0 Å². The molecule has 1 amide bonds. The highest BCUT2D eigenvalue weighted by molar-refractivity contribution is 5.85. The van der Waals surface area contributed by atoms with E-state index in [1.54, 1.807) is 0 Å². The van der Waals surface area contributed by atoms with Crippen LogP contribution in [0.25, 0.3) is 0 Å². The van der Waals surface area contributed by atoms with Crippen molar-refractivity contribution >= 4 is 30.7 Å². The lowest BCUT2D eigenvalue weighted by Gasteiger charge is -2.37. The van der Waals surface area contributed by atoms with E-state index in [4.69, 9.17) is 4.74 Å². The Balaban J connectivity index is 0. The van der Waals surface area contributed by atoms with Crippen molar-refractivity contribution in [2.24, 2.45) is 11.8 Å². The van der Waals surface area contributed by atoms with E-state index in [9.17, 15) is 4.79 Å². The minimum atomic E-state index is 0. The topological polar surface area (TPSA) is 53.6 Å². The van der Waals surface area contributed by atoms with Crippen molar-refractivity contribution in [2.75, 3.05) is 46.4 Å². The minimum Gasteiger partial charge on any atom is -0.382 e. The second-order valence-electron chi connectivity index (χ2n) is 6.19. The van der Waals surface area contributed by atoms with E-state index < -0.39 is 0 Å². The Bertz CT molecular complexity index is 309. The summed E-state index contributed by atoms with van der Waals surface area (Å²) in [7, 11) is 1.88. The van der Waals surface area contributed by atoms with Crippen LogP contribution in [0.15, 0.2) is 0 Å². The SMILES string of the molecule is CCOCCCN1CCC(NC(=O)C(C)CNC)C(C)C1.Cl.Cl. The molecule has 2 N–H and O–H groups in total. The predicted octanol–water partition coefficient (Wildman–Crippen LogP) is 1.94. The van der Waals surface area contributed by atoms with E-state index >= 15 is 0 Å². The smallest absolute Gasteiger partial charge is 0.224 e. The van der Waals surface area contributed by atoms with E-state index in [0.29, 0.717) is 12.0 Å². The molecule has 0 saturated carbocycles. The maximum atomic E-state index is 12.1. The molecule has 1 aliphatic heterocycles. The maximum Gasteiger partial charge on any atom is 0.224 e. The molecule has 0 aromatic carbocycles. The molecule has 0 radical (unpaired) electrons. The zero-order valence-electron chi connectivity index (χ0n) is 15.0. The Kier molecular flexibility index (Phi) is 15.6. The maximum absolute atomic E-state index is 12.1. The van der Waals surface area contributed by atoms with Crippen LogP contribution in [-0.2, 0) is 9.53 Å². The largest absolute Gasteiger partial charge is 0.382 e. The summed E-state index contributed by atoms with van der Waals surface area (Å²) in [5, 5.41) is 6.28. The van der Waals surface area contributed by atoms with Gasteiger partial charge in [0.1, 0.15) is 0 Å². The standard InChI is InChI=1S/C16H33N3O2.2ClH/c1-5-21-10-6-8-19-9-7-15(14(3)12-19)18-16(20)13(2)11-17-4;;/h13-15,17H,5-12H2,1-4H3,(H,18,20);2*1H. The number of rotatable bonds is 9. The number of nitrogens with zero attached hydrogens (tertiary/aromatic N) is 1. The number of carbonyl (C=O) groups is 1. The number of nitrogens with one attached hydrogen (secondary N) is 2. The molecule has 0 aliphatic carbocycles. The number of likely N-dealkylation sites (tertiary alicyclic amines) is 1. The molecule has 140 valence electrons. The highest BCUT2D eigenvalue weighted by Gasteiger charge is 2.27. The van der Waals surface area contributed by atoms with Crippen LogP contribution in [-0.4, -0.2) is 63.3 Å². The third kappa shape index (κ3) is 9.72. The van der Waals surface area contributed by atoms with Gasteiger partial charge in [0.25, 0.3) is 0 Å². The monoisotopic (exact) mass is 371 g/mol. The molecule has 0 spiro atoms. The predicted molar refractivity (Wildman–Crippen MR) is 101 cm³/mol. The van der Waals surface area contributed by atoms with Crippen LogP contribution in [0.5, 0.6) is 0 Å². The highest BCUT2D eigenvalue weighted by Crippen LogP contribution is 2.17. The second kappa shape index (κ2) is 14.3. The first kappa shape index (κ1) is 25.2. The zero-order valence-corrected chi connectivity index (χ0v) is 16.6. The van der Waals surface area contributed by atoms with Crippen LogP contribution in [0.1, 0.15) is 33.6 Å². The van der Waals surface area contributed by atoms with Crippen molar-refractivity contribution in [3.05, 3.63) is 0 Å². The molecule has 0 bridgehead atoms. The first-order valence-electron chi connectivity index (χ1n) is 8.33. The molecule has 1 saturated heterocycles. The summed E-state index contributed by atoms with van der Waals surface area (Å²) < 4.78 is 5.38. The van der Waals surface area contributed by atoms with E-state index in [2.05, 4.69) is 22.5 Å². The lowest BCUT2D eigenvalue weighted by atomic mass is 9.93. The van der Waals surface area contributed by atoms with Crippen LogP contribution in [0.4, 0.5) is 0 Å². The number of carbonyl (C=O) groups excluding carboxylic acids is 1. The molecular weight excluding hydrogens is 337 g/mol. The number of amides is 1. The van der Waals surface area contributed by atoms with Gasteiger partial charge in [-0.3, -0.25) is 4.79 Å². The molecule has 1 aliphatic rings. The van der Waals surface area contributed by atoms with Gasteiger partial charge in [-0.05, 0) is 32.7 Å². The summed E-state index contributed by atoms with van der Waals surface area (Å²) in [6, 6.07) is 0.319. The van der Waals surface area contributed by atoms with E-state index in [1.807, 2.05) is 20.9 Å². The third-order valence-corrected chi connectivity index (χ3v) is 4.24. The van der Waals surface area contributed by atoms with Crippen molar-refractivity contribution in [1.29, 1.82) is 0 Å². The zero-order chi connectivity index (χ0) is 15.7. The molecule has 3 atom stereocenters. The van der Waals surface area contributed by atoms with Gasteiger partial charge < -0.3 is 20.3 Å². The molecule has 5 nitrogen and oxygen atoms in total. The van der Waals surface area contributed by atoms with Crippen LogP contribution in [0.3, 0.4) is 0 Å². The third-order valence-electron chi connectivity index (χ3n) is 4.24. The van der Waals surface area contributed by atoms with E-state index in [-0.39, 0.29) is 36.6 Å².